The van der Waals surface area contributed by atoms with E-state index in [0.29, 0.717) is 12.8 Å². The first-order valence-corrected chi connectivity index (χ1v) is 10.4. The molecule has 0 fully saturated rings. The van der Waals surface area contributed by atoms with Gasteiger partial charge >= 0.3 is 0 Å². The van der Waals surface area contributed by atoms with E-state index >= 15 is 0 Å². The van der Waals surface area contributed by atoms with Crippen molar-refractivity contribution in [3.63, 3.8) is 0 Å². The number of rotatable bonds is 9. The van der Waals surface area contributed by atoms with Gasteiger partial charge in [-0.25, -0.2) is 0 Å². The second-order valence-corrected chi connectivity index (χ2v) is 8.36. The van der Waals surface area contributed by atoms with Crippen LogP contribution < -0.4 is 16.4 Å². The third kappa shape index (κ3) is 6.16. The summed E-state index contributed by atoms with van der Waals surface area (Å²) < 4.78 is 0. The Bertz CT molecular complexity index is 1020. The molecule has 7 nitrogen and oxygen atoms in total. The molecule has 0 aliphatic rings. The maximum Gasteiger partial charge on any atom is 0.244 e. The van der Waals surface area contributed by atoms with E-state index in [1.807, 2.05) is 60.8 Å². The minimum absolute atomic E-state index is 0.267. The molecule has 7 heteroatoms. The normalized spacial score (nSPS) is 13.5. The van der Waals surface area contributed by atoms with Gasteiger partial charge in [0.2, 0.25) is 11.8 Å². The number of para-hydroxylation sites is 1. The molecular weight excluding hydrogens is 392 g/mol. The van der Waals surface area contributed by atoms with Crippen LogP contribution in [0.25, 0.3) is 10.9 Å². The van der Waals surface area contributed by atoms with Crippen LogP contribution in [0.4, 0.5) is 0 Å². The van der Waals surface area contributed by atoms with Crippen molar-refractivity contribution in [2.24, 2.45) is 5.73 Å². The predicted molar refractivity (Wildman–Crippen MR) is 121 cm³/mol. The van der Waals surface area contributed by atoms with Gasteiger partial charge in [-0.3, -0.25) is 9.59 Å². The van der Waals surface area contributed by atoms with Crippen LogP contribution in [0.15, 0.2) is 60.8 Å². The summed E-state index contributed by atoms with van der Waals surface area (Å²) in [5.74, 6) is -0.894. The molecule has 1 heterocycles. The first kappa shape index (κ1) is 22.5. The van der Waals surface area contributed by atoms with Crippen molar-refractivity contribution < 1.29 is 14.7 Å². The molecule has 31 heavy (non-hydrogen) atoms. The summed E-state index contributed by atoms with van der Waals surface area (Å²) in [5.41, 5.74) is 7.69. The number of hydrogen-bond acceptors (Lipinski definition) is 4. The quantitative estimate of drug-likeness (QED) is 0.339. The van der Waals surface area contributed by atoms with E-state index < -0.39 is 29.6 Å². The lowest BCUT2D eigenvalue weighted by Gasteiger charge is -2.25. The second-order valence-electron chi connectivity index (χ2n) is 8.36. The maximum absolute atomic E-state index is 13.0. The molecule has 2 amide bonds. The topological polar surface area (TPSA) is 120 Å². The highest BCUT2D eigenvalue weighted by Crippen LogP contribution is 2.19. The number of hydrogen-bond donors (Lipinski definition) is 5. The number of nitrogens with two attached hydrogens (primary N) is 1. The van der Waals surface area contributed by atoms with Gasteiger partial charge in [0.25, 0.3) is 0 Å². The van der Waals surface area contributed by atoms with Crippen molar-refractivity contribution in [2.45, 2.75) is 50.9 Å². The first-order chi connectivity index (χ1) is 14.7. The average Bonchev–Trinajstić information content (AvgIpc) is 3.14. The summed E-state index contributed by atoms with van der Waals surface area (Å²) in [6, 6.07) is 16.6. The van der Waals surface area contributed by atoms with Gasteiger partial charge in [0.1, 0.15) is 12.3 Å². The van der Waals surface area contributed by atoms with Gasteiger partial charge in [-0.1, -0.05) is 48.5 Å². The number of fused-ring (bicyclic) bond motifs is 1. The number of aromatic nitrogens is 1. The molecule has 0 unspecified atom stereocenters. The molecule has 0 saturated heterocycles. The fourth-order valence-electron chi connectivity index (χ4n) is 3.36. The number of carbonyl (C=O) groups excluding carboxylic acids is 2. The Morgan fingerprint density at radius 2 is 1.74 bits per heavy atom. The Morgan fingerprint density at radius 1 is 1.06 bits per heavy atom. The molecule has 2 aromatic carbocycles. The number of benzene rings is 2. The van der Waals surface area contributed by atoms with Crippen molar-refractivity contribution in [1.29, 1.82) is 0 Å². The third-order valence-electron chi connectivity index (χ3n) is 5.16. The molecule has 3 aromatic rings. The fraction of sp³-hybridized carbons (Fsp3) is 0.333. The average molecular weight is 423 g/mol. The Balaban J connectivity index is 1.70. The molecule has 0 spiro atoms. The summed E-state index contributed by atoms with van der Waals surface area (Å²) in [7, 11) is 0. The van der Waals surface area contributed by atoms with Crippen LogP contribution in [0.3, 0.4) is 0 Å². The third-order valence-corrected chi connectivity index (χ3v) is 5.16. The second kappa shape index (κ2) is 9.76. The van der Waals surface area contributed by atoms with E-state index in [1.54, 1.807) is 13.8 Å². The number of aryl methyl sites for hydroxylation is 1. The van der Waals surface area contributed by atoms with Crippen LogP contribution in [0, 0.1) is 0 Å². The lowest BCUT2D eigenvalue weighted by Crippen LogP contribution is -2.57. The van der Waals surface area contributed by atoms with Crippen molar-refractivity contribution in [1.82, 2.24) is 15.6 Å². The molecule has 0 saturated carbocycles. The van der Waals surface area contributed by atoms with Crippen molar-refractivity contribution in [3.05, 3.63) is 71.9 Å². The zero-order valence-electron chi connectivity index (χ0n) is 17.9. The monoisotopic (exact) mass is 422 g/mol. The molecular formula is C24H30N4O3. The van der Waals surface area contributed by atoms with E-state index in [-0.39, 0.29) is 6.42 Å². The molecule has 0 aliphatic carbocycles. The number of amides is 2. The van der Waals surface area contributed by atoms with Crippen LogP contribution >= 0.6 is 0 Å². The van der Waals surface area contributed by atoms with Crippen LogP contribution in [0.2, 0.25) is 0 Å². The number of nitrogens with one attached hydrogen (secondary N) is 3. The molecule has 2 atom stereocenters. The highest BCUT2D eigenvalue weighted by Gasteiger charge is 2.29. The van der Waals surface area contributed by atoms with Crippen LogP contribution in [0.1, 0.15) is 31.4 Å². The minimum atomic E-state index is -1.13. The van der Waals surface area contributed by atoms with Gasteiger partial charge in [-0.2, -0.15) is 0 Å². The largest absolute Gasteiger partial charge is 0.374 e. The number of aromatic amines is 1. The van der Waals surface area contributed by atoms with Crippen LogP contribution in [0.5, 0.6) is 0 Å². The summed E-state index contributed by atoms with van der Waals surface area (Å²) in [6.07, 6.45) is 2.06. The molecule has 3 rings (SSSR count). The van der Waals surface area contributed by atoms with Crippen LogP contribution in [-0.4, -0.2) is 39.7 Å². The van der Waals surface area contributed by atoms with E-state index in [4.69, 9.17) is 5.73 Å². The van der Waals surface area contributed by atoms with E-state index in [1.165, 1.54) is 0 Å². The molecule has 1 aromatic heterocycles. The zero-order chi connectivity index (χ0) is 22.4. The predicted octanol–water partition coefficient (Wildman–Crippen LogP) is 2.00. The Labute approximate surface area is 182 Å². The Kier molecular flexibility index (Phi) is 7.09. The van der Waals surface area contributed by atoms with Gasteiger partial charge in [0.05, 0.1) is 5.54 Å². The first-order valence-electron chi connectivity index (χ1n) is 10.4. The van der Waals surface area contributed by atoms with Gasteiger partial charge in [0.15, 0.2) is 0 Å². The smallest absolute Gasteiger partial charge is 0.244 e. The number of H-pyrrole nitrogens is 1. The zero-order valence-corrected chi connectivity index (χ0v) is 17.9. The molecule has 0 bridgehead atoms. The molecule has 6 N–H and O–H groups in total. The number of aliphatic hydroxyl groups excluding tert-OH is 1. The van der Waals surface area contributed by atoms with Crippen LogP contribution in [-0.2, 0) is 22.4 Å². The highest BCUT2D eigenvalue weighted by molar-refractivity contribution is 5.92. The van der Waals surface area contributed by atoms with Gasteiger partial charge in [-0.05, 0) is 43.9 Å². The molecule has 0 radical (unpaired) electrons. The summed E-state index contributed by atoms with van der Waals surface area (Å²) in [5, 5.41) is 16.7. The lowest BCUT2D eigenvalue weighted by atomic mass is 10.0. The number of aliphatic hydroxyl groups is 1. The van der Waals surface area contributed by atoms with Gasteiger partial charge in [-0.15, -0.1) is 0 Å². The standard InChI is InChI=1S/C24H30N4O3/c1-24(2,25)23(31)27-20(14-17-15-26-19-11-7-6-10-18(17)19)22(30)28-21(29)13-12-16-8-4-3-5-9-16/h3-11,15,20-21,26,29H,12-14,25H2,1-2H3,(H,27,31)(H,28,30)/t20-,21-/m1/s1. The van der Waals surface area contributed by atoms with E-state index in [0.717, 1.165) is 22.0 Å². The lowest BCUT2D eigenvalue weighted by molar-refractivity contribution is -0.132. The minimum Gasteiger partial charge on any atom is -0.374 e. The summed E-state index contributed by atoms with van der Waals surface area (Å²) in [6.45, 7) is 3.16. The fourth-order valence-corrected chi connectivity index (χ4v) is 3.36. The van der Waals surface area contributed by atoms with Gasteiger partial charge < -0.3 is 26.5 Å². The van der Waals surface area contributed by atoms with E-state index in [9.17, 15) is 14.7 Å². The highest BCUT2D eigenvalue weighted by atomic mass is 16.3. The number of carbonyl (C=O) groups is 2. The maximum atomic E-state index is 13.0. The van der Waals surface area contributed by atoms with Crippen molar-refractivity contribution in [2.75, 3.05) is 0 Å². The van der Waals surface area contributed by atoms with Crippen molar-refractivity contribution in [3.8, 4) is 0 Å². The summed E-state index contributed by atoms with van der Waals surface area (Å²) >= 11 is 0. The molecule has 164 valence electrons. The molecule has 0 aliphatic heterocycles. The Hall–Kier alpha value is -3.16. The Morgan fingerprint density at radius 3 is 2.45 bits per heavy atom. The SMILES string of the molecule is CC(C)(N)C(=O)N[C@H](Cc1c[nH]c2ccccc12)C(=O)N[C@H](O)CCc1ccccc1. The van der Waals surface area contributed by atoms with Crippen molar-refractivity contribution >= 4 is 22.7 Å². The summed E-state index contributed by atoms with van der Waals surface area (Å²) in [4.78, 5) is 28.6. The van der Waals surface area contributed by atoms with E-state index in [2.05, 4.69) is 15.6 Å². The van der Waals surface area contributed by atoms with Gasteiger partial charge in [0, 0.05) is 23.5 Å².